The Labute approximate surface area is 224 Å². The zero-order valence-electron chi connectivity index (χ0n) is 20.9. The van der Waals surface area contributed by atoms with Crippen molar-refractivity contribution in [1.29, 1.82) is 0 Å². The minimum atomic E-state index is -5.24. The number of carbonyl (C=O) groups is 3. The number of aromatic nitrogens is 1. The maximum absolute atomic E-state index is 13.5. The number of amides is 2. The van der Waals surface area contributed by atoms with Crippen molar-refractivity contribution >= 4 is 34.6 Å². The van der Waals surface area contributed by atoms with Crippen LogP contribution in [0.25, 0.3) is 11.1 Å². The third-order valence-electron chi connectivity index (χ3n) is 7.01. The Hall–Kier alpha value is -4.36. The van der Waals surface area contributed by atoms with Gasteiger partial charge in [0, 0.05) is 31.6 Å². The van der Waals surface area contributed by atoms with E-state index in [9.17, 15) is 36.7 Å². The highest BCUT2D eigenvalue weighted by atomic mass is 19.4. The van der Waals surface area contributed by atoms with E-state index in [0.29, 0.717) is 31.4 Å². The molecule has 2 aromatic carbocycles. The number of anilines is 1. The lowest BCUT2D eigenvalue weighted by atomic mass is 10.0. The molecule has 0 aliphatic carbocycles. The number of piperidine rings is 1. The molecule has 1 saturated heterocycles. The van der Waals surface area contributed by atoms with E-state index >= 15 is 0 Å². The van der Waals surface area contributed by atoms with Crippen molar-refractivity contribution in [3.05, 3.63) is 64.4 Å². The number of hydroxylamine groups is 1. The molecule has 5 rings (SSSR count). The zero-order chi connectivity index (χ0) is 28.6. The summed E-state index contributed by atoms with van der Waals surface area (Å²) in [4.78, 5) is 55.5. The molecule has 2 aliphatic heterocycles. The molecule has 2 amide bonds. The molecule has 3 heterocycles. The molecule has 0 radical (unpaired) electrons. The van der Waals surface area contributed by atoms with Crippen LogP contribution in [0.15, 0.2) is 51.7 Å². The van der Waals surface area contributed by atoms with Gasteiger partial charge < -0.3 is 19.5 Å². The van der Waals surface area contributed by atoms with Crippen molar-refractivity contribution in [2.75, 3.05) is 18.2 Å². The standard InChI is InChI=1S/C26H24F4N4O6/c27-15-8-9-19-20(14-15)39-25(38)33(19)16-10-12-32(13-11-16)22(35)7-3-6-21-31-23(36)17-4-1-2-5-18(17)34(21)40-24(37)26(28,29)30/h1-2,4-5,8-9,14,16,21H,3,6-7,10-13H2,(H,31,36). The summed E-state index contributed by atoms with van der Waals surface area (Å²) in [5.74, 6) is -4.30. The van der Waals surface area contributed by atoms with Crippen LogP contribution in [-0.4, -0.2) is 52.7 Å². The molecule has 2 aliphatic rings. The molecule has 0 spiro atoms. The van der Waals surface area contributed by atoms with Gasteiger partial charge in [0.05, 0.1) is 16.8 Å². The van der Waals surface area contributed by atoms with E-state index in [-0.39, 0.29) is 48.0 Å². The van der Waals surface area contributed by atoms with E-state index < -0.39 is 35.8 Å². The monoisotopic (exact) mass is 564 g/mol. The van der Waals surface area contributed by atoms with E-state index in [1.807, 2.05) is 0 Å². The molecule has 1 N–H and O–H groups in total. The van der Waals surface area contributed by atoms with Gasteiger partial charge in [-0.1, -0.05) is 12.1 Å². The van der Waals surface area contributed by atoms with Gasteiger partial charge in [-0.15, -0.1) is 0 Å². The van der Waals surface area contributed by atoms with E-state index in [0.717, 1.165) is 11.1 Å². The number of benzene rings is 2. The van der Waals surface area contributed by atoms with Gasteiger partial charge in [0.25, 0.3) is 5.91 Å². The lowest BCUT2D eigenvalue weighted by molar-refractivity contribution is -0.202. The van der Waals surface area contributed by atoms with Gasteiger partial charge in [-0.05, 0) is 49.9 Å². The summed E-state index contributed by atoms with van der Waals surface area (Å²) in [6.45, 7) is 0.708. The number of fused-ring (bicyclic) bond motifs is 2. The summed E-state index contributed by atoms with van der Waals surface area (Å²) < 4.78 is 58.8. The molecule has 10 nitrogen and oxygen atoms in total. The van der Waals surface area contributed by atoms with Crippen LogP contribution in [0.1, 0.15) is 48.5 Å². The fourth-order valence-electron chi connectivity index (χ4n) is 5.09. The molecule has 1 fully saturated rings. The number of hydrogen-bond donors (Lipinski definition) is 1. The number of para-hydroxylation sites is 1. The number of carbonyl (C=O) groups excluding carboxylic acids is 3. The van der Waals surface area contributed by atoms with Crippen LogP contribution in [0, 0.1) is 5.82 Å². The van der Waals surface area contributed by atoms with Crippen LogP contribution in [0.3, 0.4) is 0 Å². The van der Waals surface area contributed by atoms with E-state index in [2.05, 4.69) is 10.2 Å². The van der Waals surface area contributed by atoms with Crippen LogP contribution in [-0.2, 0) is 14.4 Å². The third-order valence-corrected chi connectivity index (χ3v) is 7.01. The van der Waals surface area contributed by atoms with E-state index in [1.54, 1.807) is 4.90 Å². The van der Waals surface area contributed by atoms with Gasteiger partial charge in [0.1, 0.15) is 12.0 Å². The molecular weight excluding hydrogens is 540 g/mol. The SMILES string of the molecule is O=C1NC(CCCC(=O)N2CCC(n3c(=O)oc4cc(F)ccc43)CC2)N(OC(=O)C(F)(F)F)c2ccccc21. The lowest BCUT2D eigenvalue weighted by Gasteiger charge is -2.37. The van der Waals surface area contributed by atoms with Crippen LogP contribution in [0.2, 0.25) is 0 Å². The number of hydrogen-bond acceptors (Lipinski definition) is 7. The van der Waals surface area contributed by atoms with Gasteiger partial charge in [-0.25, -0.2) is 14.0 Å². The molecule has 0 saturated carbocycles. The first-order chi connectivity index (χ1) is 19.0. The number of nitrogens with one attached hydrogen (secondary N) is 1. The Bertz CT molecular complexity index is 1510. The number of nitrogens with zero attached hydrogens (tertiary/aromatic N) is 3. The van der Waals surface area contributed by atoms with E-state index in [4.69, 9.17) is 4.42 Å². The fraction of sp³-hybridized carbons (Fsp3) is 0.385. The molecule has 14 heteroatoms. The number of alkyl halides is 3. The topological polar surface area (TPSA) is 114 Å². The Morgan fingerprint density at radius 2 is 1.80 bits per heavy atom. The predicted molar refractivity (Wildman–Crippen MR) is 131 cm³/mol. The predicted octanol–water partition coefficient (Wildman–Crippen LogP) is 3.66. The summed E-state index contributed by atoms with van der Waals surface area (Å²) in [5, 5.41) is 3.25. The van der Waals surface area contributed by atoms with Gasteiger partial charge in [-0.3, -0.25) is 14.2 Å². The summed E-state index contributed by atoms with van der Waals surface area (Å²) in [7, 11) is 0. The highest BCUT2D eigenvalue weighted by molar-refractivity contribution is 6.02. The minimum absolute atomic E-state index is 0.00648. The Morgan fingerprint density at radius 1 is 1.07 bits per heavy atom. The highest BCUT2D eigenvalue weighted by Gasteiger charge is 2.45. The molecular formula is C26H24F4N4O6. The summed E-state index contributed by atoms with van der Waals surface area (Å²) in [5.41, 5.74) is 0.674. The van der Waals surface area contributed by atoms with Crippen molar-refractivity contribution in [3.8, 4) is 0 Å². The maximum atomic E-state index is 13.5. The number of rotatable bonds is 6. The van der Waals surface area contributed by atoms with Gasteiger partial charge in [-0.2, -0.15) is 18.2 Å². The number of likely N-dealkylation sites (tertiary alicyclic amines) is 1. The molecule has 1 aromatic heterocycles. The average Bonchev–Trinajstić information content (AvgIpc) is 3.24. The van der Waals surface area contributed by atoms with Crippen molar-refractivity contribution in [2.24, 2.45) is 0 Å². The Balaban J connectivity index is 1.19. The van der Waals surface area contributed by atoms with Crippen LogP contribution < -0.4 is 16.1 Å². The minimum Gasteiger partial charge on any atom is -0.408 e. The highest BCUT2D eigenvalue weighted by Crippen LogP contribution is 2.31. The van der Waals surface area contributed by atoms with Gasteiger partial charge in [0.2, 0.25) is 5.91 Å². The normalized spacial score (nSPS) is 18.0. The lowest BCUT2D eigenvalue weighted by Crippen LogP contribution is -2.54. The fourth-order valence-corrected chi connectivity index (χ4v) is 5.09. The summed E-state index contributed by atoms with van der Waals surface area (Å²) in [6, 6.07) is 9.40. The number of oxazole rings is 1. The molecule has 0 bridgehead atoms. The maximum Gasteiger partial charge on any atom is 0.493 e. The molecule has 40 heavy (non-hydrogen) atoms. The molecule has 1 unspecified atom stereocenters. The van der Waals surface area contributed by atoms with Crippen molar-refractivity contribution in [2.45, 2.75) is 50.5 Å². The zero-order valence-corrected chi connectivity index (χ0v) is 20.9. The smallest absolute Gasteiger partial charge is 0.408 e. The largest absolute Gasteiger partial charge is 0.493 e. The van der Waals surface area contributed by atoms with Gasteiger partial charge in [0.15, 0.2) is 5.58 Å². The molecule has 212 valence electrons. The van der Waals surface area contributed by atoms with Crippen LogP contribution in [0.5, 0.6) is 0 Å². The molecule has 1 atom stereocenters. The van der Waals surface area contributed by atoms with Crippen molar-refractivity contribution in [3.63, 3.8) is 0 Å². The second kappa shape index (κ2) is 10.7. The Morgan fingerprint density at radius 3 is 2.52 bits per heavy atom. The molecule has 3 aromatic rings. The first-order valence-electron chi connectivity index (χ1n) is 12.6. The average molecular weight is 564 g/mol. The summed E-state index contributed by atoms with van der Waals surface area (Å²) in [6.07, 6.45) is -5.18. The first kappa shape index (κ1) is 27.2. The van der Waals surface area contributed by atoms with Gasteiger partial charge >= 0.3 is 17.9 Å². The van der Waals surface area contributed by atoms with Crippen molar-refractivity contribution in [1.82, 2.24) is 14.8 Å². The third kappa shape index (κ3) is 5.38. The second-order valence-electron chi connectivity index (χ2n) is 9.56. The summed E-state index contributed by atoms with van der Waals surface area (Å²) >= 11 is 0. The quantitative estimate of drug-likeness (QED) is 0.455. The van der Waals surface area contributed by atoms with E-state index in [1.165, 1.54) is 41.0 Å². The second-order valence-corrected chi connectivity index (χ2v) is 9.56. The Kier molecular flexibility index (Phi) is 7.25. The first-order valence-corrected chi connectivity index (χ1v) is 12.6. The number of halogens is 4. The van der Waals surface area contributed by atoms with Crippen LogP contribution in [0.4, 0.5) is 23.2 Å². The van der Waals surface area contributed by atoms with Crippen molar-refractivity contribution < 1.29 is 41.2 Å². The van der Waals surface area contributed by atoms with Crippen LogP contribution >= 0.6 is 0 Å².